The van der Waals surface area contributed by atoms with Crippen LogP contribution >= 0.6 is 0 Å². The lowest BCUT2D eigenvalue weighted by atomic mass is 9.94. The number of hydrogen-bond donors (Lipinski definition) is 1. The van der Waals surface area contributed by atoms with Crippen LogP contribution in [0.25, 0.3) is 17.0 Å². The number of ketones is 1. The number of nitrogen functional groups attached to an aromatic ring is 1. The smallest absolute Gasteiger partial charge is 0.347 e. The Labute approximate surface area is 183 Å². The average molecular weight is 419 g/mol. The molecule has 0 unspecified atom stereocenters. The maximum atomic E-state index is 13.0. The van der Waals surface area contributed by atoms with Gasteiger partial charge in [-0.05, 0) is 67.7 Å². The number of aryl methyl sites for hydroxylation is 2. The van der Waals surface area contributed by atoms with Crippen molar-refractivity contribution in [1.29, 1.82) is 0 Å². The lowest BCUT2D eigenvalue weighted by molar-refractivity contribution is 0.104. The van der Waals surface area contributed by atoms with Gasteiger partial charge in [0.05, 0.1) is 0 Å². The molecular weight excluding hydrogens is 388 g/mol. The fourth-order valence-corrected chi connectivity index (χ4v) is 4.04. The summed E-state index contributed by atoms with van der Waals surface area (Å²) in [6.45, 7) is 10.1. The number of allylic oxidation sites excluding steroid dienone is 1. The van der Waals surface area contributed by atoms with E-state index in [0.29, 0.717) is 17.7 Å². The van der Waals surface area contributed by atoms with Gasteiger partial charge in [0.2, 0.25) is 0 Å². The Balaban J connectivity index is 2.00. The van der Waals surface area contributed by atoms with Crippen molar-refractivity contribution in [2.24, 2.45) is 0 Å². The molecule has 0 amide bonds. The van der Waals surface area contributed by atoms with Gasteiger partial charge in [0.15, 0.2) is 5.78 Å². The van der Waals surface area contributed by atoms with Gasteiger partial charge in [-0.25, -0.2) is 4.79 Å². The van der Waals surface area contributed by atoms with Crippen molar-refractivity contribution in [3.05, 3.63) is 75.1 Å². The van der Waals surface area contributed by atoms with Crippen molar-refractivity contribution in [2.45, 2.75) is 40.5 Å². The van der Waals surface area contributed by atoms with Crippen molar-refractivity contribution >= 4 is 34.2 Å². The van der Waals surface area contributed by atoms with Crippen LogP contribution in [0.4, 0.5) is 11.4 Å². The molecule has 0 aliphatic rings. The zero-order valence-electron chi connectivity index (χ0n) is 18.7. The van der Waals surface area contributed by atoms with E-state index in [4.69, 9.17) is 10.2 Å². The third-order valence-corrected chi connectivity index (χ3v) is 5.65. The molecule has 3 aromatic rings. The highest BCUT2D eigenvalue weighted by Crippen LogP contribution is 2.28. The van der Waals surface area contributed by atoms with E-state index in [0.717, 1.165) is 47.3 Å². The number of fused-ring (bicyclic) bond motifs is 1. The van der Waals surface area contributed by atoms with Crippen molar-refractivity contribution in [3.8, 4) is 0 Å². The van der Waals surface area contributed by atoms with Gasteiger partial charge in [0.1, 0.15) is 11.1 Å². The topological polar surface area (TPSA) is 76.5 Å². The van der Waals surface area contributed by atoms with Crippen molar-refractivity contribution in [2.75, 3.05) is 23.7 Å². The summed E-state index contributed by atoms with van der Waals surface area (Å²) in [4.78, 5) is 28.0. The minimum atomic E-state index is -0.622. The van der Waals surface area contributed by atoms with E-state index in [2.05, 4.69) is 18.7 Å². The monoisotopic (exact) mass is 418 g/mol. The average Bonchev–Trinajstić information content (AvgIpc) is 2.77. The first-order chi connectivity index (χ1) is 14.9. The fraction of sp³-hybridized carbons (Fsp3) is 0.308. The van der Waals surface area contributed by atoms with Crippen molar-refractivity contribution in [3.63, 3.8) is 0 Å². The summed E-state index contributed by atoms with van der Waals surface area (Å²) in [6, 6.07) is 11.5. The number of rotatable bonds is 8. The van der Waals surface area contributed by atoms with Crippen molar-refractivity contribution in [1.82, 2.24) is 0 Å². The van der Waals surface area contributed by atoms with Gasteiger partial charge in [-0.1, -0.05) is 32.1 Å². The normalized spacial score (nSPS) is 11.4. The van der Waals surface area contributed by atoms with Crippen LogP contribution in [0.5, 0.6) is 0 Å². The molecule has 0 fully saturated rings. The standard InChI is InChI=1S/C26H30N2O3/c1-5-18-15-19(27)16-23-24(18)21(6-2)25(26(30)31-23)22(29)14-11-17-9-12-20(13-10-17)28(7-3)8-4/h9-16H,5-8,27H2,1-4H3. The molecule has 162 valence electrons. The Morgan fingerprint density at radius 2 is 1.71 bits per heavy atom. The molecule has 2 aromatic carbocycles. The molecule has 1 aromatic heterocycles. The highest BCUT2D eigenvalue weighted by atomic mass is 16.4. The third kappa shape index (κ3) is 4.55. The predicted molar refractivity (Wildman–Crippen MR) is 129 cm³/mol. The van der Waals surface area contributed by atoms with Crippen LogP contribution in [-0.4, -0.2) is 18.9 Å². The molecule has 5 heteroatoms. The van der Waals surface area contributed by atoms with E-state index < -0.39 is 5.63 Å². The third-order valence-electron chi connectivity index (χ3n) is 5.65. The fourth-order valence-electron chi connectivity index (χ4n) is 4.04. The Kier molecular flexibility index (Phi) is 6.95. The first-order valence-electron chi connectivity index (χ1n) is 10.9. The summed E-state index contributed by atoms with van der Waals surface area (Å²) in [7, 11) is 0. The quantitative estimate of drug-likeness (QED) is 0.234. The van der Waals surface area contributed by atoms with E-state index in [1.807, 2.05) is 44.2 Å². The van der Waals surface area contributed by atoms with Crippen LogP contribution in [-0.2, 0) is 12.8 Å². The number of anilines is 2. The summed E-state index contributed by atoms with van der Waals surface area (Å²) in [5.41, 5.74) is 10.1. The summed E-state index contributed by atoms with van der Waals surface area (Å²) < 4.78 is 5.50. The van der Waals surface area contributed by atoms with Gasteiger partial charge in [0.25, 0.3) is 0 Å². The Hall–Kier alpha value is -3.34. The number of nitrogens with zero attached hydrogens (tertiary/aromatic N) is 1. The number of carbonyl (C=O) groups excluding carboxylic acids is 1. The zero-order chi connectivity index (χ0) is 22.5. The lowest BCUT2D eigenvalue weighted by Gasteiger charge is -2.20. The highest BCUT2D eigenvalue weighted by molar-refractivity contribution is 6.09. The Morgan fingerprint density at radius 1 is 1.03 bits per heavy atom. The number of nitrogens with two attached hydrogens (primary N) is 1. The SMILES string of the molecule is CCc1cc(N)cc2oc(=O)c(C(=O)C=Cc3ccc(N(CC)CC)cc3)c(CC)c12. The molecule has 5 nitrogen and oxygen atoms in total. The minimum absolute atomic E-state index is 0.102. The molecule has 0 radical (unpaired) electrons. The summed E-state index contributed by atoms with van der Waals surface area (Å²) >= 11 is 0. The first-order valence-corrected chi connectivity index (χ1v) is 10.9. The second-order valence-electron chi connectivity index (χ2n) is 7.46. The van der Waals surface area contributed by atoms with E-state index in [-0.39, 0.29) is 11.3 Å². The molecule has 0 aliphatic carbocycles. The van der Waals surface area contributed by atoms with Crippen LogP contribution in [0.3, 0.4) is 0 Å². The summed E-state index contributed by atoms with van der Waals surface area (Å²) in [5, 5.41) is 0.819. The molecule has 0 atom stereocenters. The number of carbonyl (C=O) groups is 1. The zero-order valence-corrected chi connectivity index (χ0v) is 18.7. The van der Waals surface area contributed by atoms with E-state index in [1.54, 1.807) is 12.1 Å². The van der Waals surface area contributed by atoms with E-state index in [9.17, 15) is 9.59 Å². The minimum Gasteiger partial charge on any atom is -0.422 e. The lowest BCUT2D eigenvalue weighted by Crippen LogP contribution is -2.21. The molecule has 0 saturated heterocycles. The molecule has 0 saturated carbocycles. The predicted octanol–water partition coefficient (Wildman–Crippen LogP) is 5.24. The van der Waals surface area contributed by atoms with E-state index >= 15 is 0 Å². The number of benzene rings is 2. The van der Waals surface area contributed by atoms with Crippen LogP contribution in [0, 0.1) is 0 Å². The molecule has 0 spiro atoms. The second-order valence-corrected chi connectivity index (χ2v) is 7.46. The second kappa shape index (κ2) is 9.65. The molecule has 0 bridgehead atoms. The molecule has 2 N–H and O–H groups in total. The number of hydrogen-bond acceptors (Lipinski definition) is 5. The van der Waals surface area contributed by atoms with Gasteiger partial charge in [-0.3, -0.25) is 4.79 Å². The van der Waals surface area contributed by atoms with Gasteiger partial charge in [-0.15, -0.1) is 0 Å². The molecule has 0 aliphatic heterocycles. The largest absolute Gasteiger partial charge is 0.422 e. The first kappa shape index (κ1) is 22.3. The van der Waals surface area contributed by atoms with Gasteiger partial charge in [0, 0.05) is 35.9 Å². The highest BCUT2D eigenvalue weighted by Gasteiger charge is 2.20. The molecule has 3 rings (SSSR count). The summed E-state index contributed by atoms with van der Waals surface area (Å²) in [5.74, 6) is -0.348. The van der Waals surface area contributed by atoms with Crippen molar-refractivity contribution < 1.29 is 9.21 Å². The Bertz CT molecular complexity index is 1170. The van der Waals surface area contributed by atoms with Gasteiger partial charge < -0.3 is 15.1 Å². The summed E-state index contributed by atoms with van der Waals surface area (Å²) in [6.07, 6.45) is 4.46. The van der Waals surface area contributed by atoms with Crippen LogP contribution in [0.1, 0.15) is 54.7 Å². The van der Waals surface area contributed by atoms with Crippen LogP contribution in [0.2, 0.25) is 0 Å². The molecular formula is C26H30N2O3. The maximum absolute atomic E-state index is 13.0. The van der Waals surface area contributed by atoms with E-state index in [1.165, 1.54) is 6.08 Å². The molecule has 1 heterocycles. The molecule has 31 heavy (non-hydrogen) atoms. The van der Waals surface area contributed by atoms with Crippen LogP contribution in [0.15, 0.2) is 51.7 Å². The Morgan fingerprint density at radius 3 is 2.29 bits per heavy atom. The van der Waals surface area contributed by atoms with Crippen LogP contribution < -0.4 is 16.3 Å². The maximum Gasteiger partial charge on any atom is 0.347 e. The van der Waals surface area contributed by atoms with Gasteiger partial charge in [-0.2, -0.15) is 0 Å². The van der Waals surface area contributed by atoms with Gasteiger partial charge >= 0.3 is 5.63 Å².